The Morgan fingerprint density at radius 1 is 1.03 bits per heavy atom. The van der Waals surface area contributed by atoms with Gasteiger partial charge in [-0.3, -0.25) is 9.69 Å². The van der Waals surface area contributed by atoms with Crippen LogP contribution in [0.15, 0.2) is 30.5 Å². The van der Waals surface area contributed by atoms with Crippen molar-refractivity contribution >= 4 is 23.4 Å². The maximum Gasteiger partial charge on any atom is 0.344 e. The van der Waals surface area contributed by atoms with Gasteiger partial charge in [0.1, 0.15) is 0 Å². The molecule has 3 aliphatic heterocycles. The van der Waals surface area contributed by atoms with Crippen molar-refractivity contribution in [2.45, 2.75) is 52.5 Å². The van der Waals surface area contributed by atoms with E-state index in [1.54, 1.807) is 12.3 Å². The molecule has 8 nitrogen and oxygen atoms in total. The second kappa shape index (κ2) is 9.41. The highest BCUT2D eigenvalue weighted by Gasteiger charge is 2.41. The Balaban J connectivity index is 1.14. The Hall–Kier alpha value is -2.87. The molecule has 3 saturated heterocycles. The molecule has 34 heavy (non-hydrogen) atoms. The molecule has 0 bridgehead atoms. The fourth-order valence-electron chi connectivity index (χ4n) is 5.84. The molecule has 0 radical (unpaired) electrons. The summed E-state index contributed by atoms with van der Waals surface area (Å²) in [5, 5.41) is 6.81. The molecule has 1 spiro atoms. The van der Waals surface area contributed by atoms with Crippen molar-refractivity contribution < 1.29 is 9.59 Å². The smallest absolute Gasteiger partial charge is 0.344 e. The standard InChI is InChI=1S/C26H36N6O2/c1-20-17-23(30-11-3-4-12-30)6-5-22(20)18-29-14-8-26(19-29)9-15-31(16-10-26)25(34)32-13-7-24(28-32)27-21(2)33/h5-7,13,17H,3-4,8-12,14-16,18-19H2,1-2H3,(H,27,28,33). The van der Waals surface area contributed by atoms with Gasteiger partial charge in [-0.05, 0) is 74.2 Å². The Morgan fingerprint density at radius 3 is 2.47 bits per heavy atom. The predicted molar refractivity (Wildman–Crippen MR) is 133 cm³/mol. The molecule has 0 unspecified atom stereocenters. The van der Waals surface area contributed by atoms with Crippen LogP contribution in [0.4, 0.5) is 16.3 Å². The van der Waals surface area contributed by atoms with Crippen molar-refractivity contribution in [2.75, 3.05) is 49.5 Å². The van der Waals surface area contributed by atoms with Gasteiger partial charge in [-0.25, -0.2) is 4.79 Å². The third-order valence-electron chi connectivity index (χ3n) is 7.89. The quantitative estimate of drug-likeness (QED) is 0.747. The number of amides is 2. The average Bonchev–Trinajstić information content (AvgIpc) is 3.57. The van der Waals surface area contributed by atoms with E-state index in [-0.39, 0.29) is 11.9 Å². The van der Waals surface area contributed by atoms with E-state index in [1.807, 2.05) is 4.90 Å². The van der Waals surface area contributed by atoms with Crippen molar-refractivity contribution in [3.05, 3.63) is 41.6 Å². The molecular weight excluding hydrogens is 428 g/mol. The van der Waals surface area contributed by atoms with Gasteiger partial charge in [0.2, 0.25) is 5.91 Å². The van der Waals surface area contributed by atoms with Crippen molar-refractivity contribution in [3.63, 3.8) is 0 Å². The monoisotopic (exact) mass is 464 g/mol. The van der Waals surface area contributed by atoms with Crippen molar-refractivity contribution in [2.24, 2.45) is 5.41 Å². The van der Waals surface area contributed by atoms with Gasteiger partial charge in [0.05, 0.1) is 0 Å². The molecule has 1 aromatic carbocycles. The van der Waals surface area contributed by atoms with E-state index < -0.39 is 0 Å². The minimum absolute atomic E-state index is 0.116. The summed E-state index contributed by atoms with van der Waals surface area (Å²) in [5.74, 6) is 0.214. The van der Waals surface area contributed by atoms with Crippen molar-refractivity contribution in [1.82, 2.24) is 19.6 Å². The molecule has 2 amide bonds. The predicted octanol–water partition coefficient (Wildman–Crippen LogP) is 3.71. The van der Waals surface area contributed by atoms with Gasteiger partial charge < -0.3 is 15.1 Å². The SMILES string of the molecule is CC(=O)Nc1ccn(C(=O)N2CCC3(CCN(Cc4ccc(N5CCCC5)cc4C)C3)CC2)n1. The molecule has 5 rings (SSSR count). The Labute approximate surface area is 201 Å². The summed E-state index contributed by atoms with van der Waals surface area (Å²) in [4.78, 5) is 31.1. The maximum absolute atomic E-state index is 12.9. The minimum Gasteiger partial charge on any atom is -0.372 e. The molecule has 182 valence electrons. The summed E-state index contributed by atoms with van der Waals surface area (Å²) in [6, 6.07) is 8.53. The van der Waals surface area contributed by atoms with Crippen LogP contribution in [-0.4, -0.2) is 70.8 Å². The lowest BCUT2D eigenvalue weighted by molar-refractivity contribution is -0.114. The first kappa shape index (κ1) is 22.9. The summed E-state index contributed by atoms with van der Waals surface area (Å²) in [7, 11) is 0. The number of aromatic nitrogens is 2. The second-order valence-corrected chi connectivity index (χ2v) is 10.4. The number of hydrogen-bond acceptors (Lipinski definition) is 5. The van der Waals surface area contributed by atoms with E-state index in [0.29, 0.717) is 11.2 Å². The van der Waals surface area contributed by atoms with Crippen LogP contribution in [-0.2, 0) is 11.3 Å². The third kappa shape index (κ3) is 4.82. The highest BCUT2D eigenvalue weighted by atomic mass is 16.2. The molecule has 8 heteroatoms. The largest absolute Gasteiger partial charge is 0.372 e. The number of hydrogen-bond donors (Lipinski definition) is 1. The first-order valence-electron chi connectivity index (χ1n) is 12.6. The van der Waals surface area contributed by atoms with Crippen LogP contribution in [0.5, 0.6) is 0 Å². The van der Waals surface area contributed by atoms with Crippen molar-refractivity contribution in [3.8, 4) is 0 Å². The van der Waals surface area contributed by atoms with Crippen LogP contribution in [0.2, 0.25) is 0 Å². The number of nitrogens with zero attached hydrogens (tertiary/aromatic N) is 5. The van der Waals surface area contributed by atoms with Crippen LogP contribution < -0.4 is 10.2 Å². The zero-order valence-electron chi connectivity index (χ0n) is 20.4. The molecular formula is C26H36N6O2. The number of rotatable bonds is 4. The Kier molecular flexibility index (Phi) is 6.34. The van der Waals surface area contributed by atoms with Crippen LogP contribution in [0.3, 0.4) is 0 Å². The highest BCUT2D eigenvalue weighted by molar-refractivity contribution is 5.88. The van der Waals surface area contributed by atoms with Gasteiger partial charge in [-0.2, -0.15) is 4.68 Å². The van der Waals surface area contributed by atoms with Gasteiger partial charge in [0.15, 0.2) is 5.82 Å². The van der Waals surface area contributed by atoms with Crippen molar-refractivity contribution in [1.29, 1.82) is 0 Å². The topological polar surface area (TPSA) is 73.7 Å². The van der Waals surface area contributed by atoms with E-state index >= 15 is 0 Å². The Morgan fingerprint density at radius 2 is 1.76 bits per heavy atom. The van der Waals surface area contributed by atoms with Crippen LogP contribution in [0, 0.1) is 12.3 Å². The van der Waals surface area contributed by atoms with Crippen LogP contribution >= 0.6 is 0 Å². The van der Waals surface area contributed by atoms with Gasteiger partial charge in [0, 0.05) is 64.1 Å². The normalized spacial score (nSPS) is 20.3. The first-order chi connectivity index (χ1) is 16.4. The molecule has 2 aromatic rings. The van der Waals surface area contributed by atoms with E-state index in [0.717, 1.165) is 45.6 Å². The lowest BCUT2D eigenvalue weighted by Gasteiger charge is -2.39. The zero-order chi connectivity index (χ0) is 23.7. The second-order valence-electron chi connectivity index (χ2n) is 10.4. The van der Waals surface area contributed by atoms with Gasteiger partial charge >= 0.3 is 6.03 Å². The third-order valence-corrected chi connectivity index (χ3v) is 7.89. The van der Waals surface area contributed by atoms with E-state index in [1.165, 1.54) is 60.8 Å². The number of nitrogens with one attached hydrogen (secondary N) is 1. The number of aryl methyl sites for hydroxylation is 1. The lowest BCUT2D eigenvalue weighted by atomic mass is 9.78. The van der Waals surface area contributed by atoms with Crippen LogP contribution in [0.1, 0.15) is 50.2 Å². The van der Waals surface area contributed by atoms with Gasteiger partial charge in [-0.1, -0.05) is 6.07 Å². The molecule has 0 saturated carbocycles. The number of benzene rings is 1. The van der Waals surface area contributed by atoms with E-state index in [4.69, 9.17) is 0 Å². The number of carbonyl (C=O) groups is 2. The number of piperidine rings is 1. The maximum atomic E-state index is 12.9. The molecule has 1 aromatic heterocycles. The molecule has 4 heterocycles. The lowest BCUT2D eigenvalue weighted by Crippen LogP contribution is -2.45. The number of anilines is 2. The minimum atomic E-state index is -0.193. The molecule has 0 atom stereocenters. The Bertz CT molecular complexity index is 1050. The highest BCUT2D eigenvalue weighted by Crippen LogP contribution is 2.41. The zero-order valence-corrected chi connectivity index (χ0v) is 20.4. The molecule has 1 N–H and O–H groups in total. The fourth-order valence-corrected chi connectivity index (χ4v) is 5.84. The van der Waals surface area contributed by atoms with Gasteiger partial charge in [-0.15, -0.1) is 5.10 Å². The molecule has 0 aliphatic carbocycles. The number of likely N-dealkylation sites (tertiary alicyclic amines) is 2. The van der Waals surface area contributed by atoms with E-state index in [2.05, 4.69) is 45.3 Å². The summed E-state index contributed by atoms with van der Waals surface area (Å²) in [5.41, 5.74) is 4.51. The van der Waals surface area contributed by atoms with Gasteiger partial charge in [0.25, 0.3) is 0 Å². The average molecular weight is 465 g/mol. The summed E-state index contributed by atoms with van der Waals surface area (Å²) in [6.45, 7) is 10.8. The van der Waals surface area contributed by atoms with E-state index in [9.17, 15) is 9.59 Å². The van der Waals surface area contributed by atoms with Crippen LogP contribution in [0.25, 0.3) is 0 Å². The molecule has 3 aliphatic rings. The first-order valence-corrected chi connectivity index (χ1v) is 12.6. The fraction of sp³-hybridized carbons (Fsp3) is 0.577. The number of carbonyl (C=O) groups excluding carboxylic acids is 2. The summed E-state index contributed by atoms with van der Waals surface area (Å²) in [6.07, 6.45) is 7.49. The summed E-state index contributed by atoms with van der Waals surface area (Å²) < 4.78 is 1.33. The molecule has 3 fully saturated rings. The summed E-state index contributed by atoms with van der Waals surface area (Å²) >= 11 is 0.